The van der Waals surface area contributed by atoms with Gasteiger partial charge in [0.2, 0.25) is 0 Å². The van der Waals surface area contributed by atoms with Gasteiger partial charge in [0.1, 0.15) is 0 Å². The number of hydrogen-bond acceptors (Lipinski definition) is 7. The number of hydrogen-bond donors (Lipinski definition) is 1. The second-order valence-electron chi connectivity index (χ2n) is 4.87. The monoisotopic (exact) mass is 274 g/mol. The molecule has 8 nitrogen and oxygen atoms in total. The summed E-state index contributed by atoms with van der Waals surface area (Å²) in [5.74, 6) is 1.64. The maximum absolute atomic E-state index is 5.96. The SMILES string of the molecule is Cn1nnc(CN2CCN(c3ncccc3N)CC2)n1. The first kappa shape index (κ1) is 12.8. The van der Waals surface area contributed by atoms with E-state index in [9.17, 15) is 0 Å². The fraction of sp³-hybridized carbons (Fsp3) is 0.500. The van der Waals surface area contributed by atoms with Crippen LogP contribution in [-0.2, 0) is 13.6 Å². The van der Waals surface area contributed by atoms with Crippen molar-refractivity contribution in [3.63, 3.8) is 0 Å². The number of nitrogen functional groups attached to an aromatic ring is 1. The first-order valence-corrected chi connectivity index (χ1v) is 6.63. The Kier molecular flexibility index (Phi) is 3.46. The van der Waals surface area contributed by atoms with Crippen LogP contribution in [0.3, 0.4) is 0 Å². The molecule has 1 saturated heterocycles. The number of tetrazole rings is 1. The molecule has 3 heterocycles. The highest BCUT2D eigenvalue weighted by Crippen LogP contribution is 2.20. The fourth-order valence-electron chi connectivity index (χ4n) is 2.38. The van der Waals surface area contributed by atoms with E-state index in [4.69, 9.17) is 5.73 Å². The summed E-state index contributed by atoms with van der Waals surface area (Å²) < 4.78 is 0. The van der Waals surface area contributed by atoms with Crippen molar-refractivity contribution in [2.24, 2.45) is 7.05 Å². The van der Waals surface area contributed by atoms with Crippen LogP contribution in [0.4, 0.5) is 11.5 Å². The molecule has 0 spiro atoms. The summed E-state index contributed by atoms with van der Waals surface area (Å²) in [5.41, 5.74) is 6.70. The van der Waals surface area contributed by atoms with Crippen LogP contribution >= 0.6 is 0 Å². The van der Waals surface area contributed by atoms with Gasteiger partial charge in [-0.25, -0.2) is 4.98 Å². The van der Waals surface area contributed by atoms with E-state index in [-0.39, 0.29) is 0 Å². The molecule has 0 atom stereocenters. The van der Waals surface area contributed by atoms with E-state index in [0.717, 1.165) is 50.1 Å². The molecule has 0 saturated carbocycles. The Balaban J connectivity index is 1.58. The molecule has 0 amide bonds. The van der Waals surface area contributed by atoms with Crippen LogP contribution in [0.5, 0.6) is 0 Å². The molecule has 3 rings (SSSR count). The lowest BCUT2D eigenvalue weighted by atomic mass is 10.3. The number of anilines is 2. The minimum Gasteiger partial charge on any atom is -0.396 e. The third-order valence-corrected chi connectivity index (χ3v) is 3.40. The maximum atomic E-state index is 5.96. The van der Waals surface area contributed by atoms with Crippen molar-refractivity contribution in [2.75, 3.05) is 36.8 Å². The Hall–Kier alpha value is -2.22. The molecule has 2 aromatic rings. The molecule has 0 bridgehead atoms. The molecule has 8 heteroatoms. The maximum Gasteiger partial charge on any atom is 0.188 e. The van der Waals surface area contributed by atoms with Crippen LogP contribution in [0.25, 0.3) is 0 Å². The Bertz CT molecular complexity index is 572. The molecule has 1 fully saturated rings. The van der Waals surface area contributed by atoms with Gasteiger partial charge in [0.05, 0.1) is 19.3 Å². The van der Waals surface area contributed by atoms with Gasteiger partial charge >= 0.3 is 0 Å². The lowest BCUT2D eigenvalue weighted by molar-refractivity contribution is 0.243. The van der Waals surface area contributed by atoms with Gasteiger partial charge < -0.3 is 10.6 Å². The third kappa shape index (κ3) is 2.69. The topological polar surface area (TPSA) is 89.0 Å². The molecule has 0 aliphatic carbocycles. The smallest absolute Gasteiger partial charge is 0.188 e. The summed E-state index contributed by atoms with van der Waals surface area (Å²) in [6, 6.07) is 3.74. The Morgan fingerprint density at radius 1 is 1.25 bits per heavy atom. The summed E-state index contributed by atoms with van der Waals surface area (Å²) in [5, 5.41) is 12.1. The average molecular weight is 274 g/mol. The summed E-state index contributed by atoms with van der Waals surface area (Å²) >= 11 is 0. The molecular weight excluding hydrogens is 256 g/mol. The van der Waals surface area contributed by atoms with Crippen LogP contribution in [0.2, 0.25) is 0 Å². The van der Waals surface area contributed by atoms with Crippen molar-refractivity contribution < 1.29 is 0 Å². The highest BCUT2D eigenvalue weighted by molar-refractivity contribution is 5.62. The van der Waals surface area contributed by atoms with E-state index < -0.39 is 0 Å². The molecular formula is C12H18N8. The number of nitrogens with two attached hydrogens (primary N) is 1. The zero-order valence-electron chi connectivity index (χ0n) is 11.5. The van der Waals surface area contributed by atoms with E-state index in [0.29, 0.717) is 0 Å². The Morgan fingerprint density at radius 3 is 2.70 bits per heavy atom. The quantitative estimate of drug-likeness (QED) is 0.807. The van der Waals surface area contributed by atoms with Crippen LogP contribution in [0.1, 0.15) is 5.82 Å². The van der Waals surface area contributed by atoms with Crippen LogP contribution in [0, 0.1) is 0 Å². The molecule has 2 N–H and O–H groups in total. The third-order valence-electron chi connectivity index (χ3n) is 3.40. The van der Waals surface area contributed by atoms with Crippen molar-refractivity contribution in [3.8, 4) is 0 Å². The minimum atomic E-state index is 0.733. The predicted octanol–water partition coefficient (Wildman–Crippen LogP) is -0.490. The lowest BCUT2D eigenvalue weighted by Crippen LogP contribution is -2.46. The number of nitrogens with zero attached hydrogens (tertiary/aromatic N) is 7. The first-order valence-electron chi connectivity index (χ1n) is 6.63. The van der Waals surface area contributed by atoms with Crippen LogP contribution in [0.15, 0.2) is 18.3 Å². The lowest BCUT2D eigenvalue weighted by Gasteiger charge is -2.35. The molecule has 106 valence electrons. The summed E-state index contributed by atoms with van der Waals surface area (Å²) in [6.45, 7) is 4.42. The van der Waals surface area contributed by atoms with Crippen molar-refractivity contribution in [2.45, 2.75) is 6.54 Å². The summed E-state index contributed by atoms with van der Waals surface area (Å²) in [7, 11) is 1.78. The molecule has 1 aliphatic heterocycles. The van der Waals surface area contributed by atoms with Gasteiger partial charge in [-0.2, -0.15) is 4.80 Å². The number of aromatic nitrogens is 5. The van der Waals surface area contributed by atoms with E-state index in [1.165, 1.54) is 4.80 Å². The second-order valence-corrected chi connectivity index (χ2v) is 4.87. The standard InChI is InChI=1S/C12H18N8/c1-18-16-11(15-17-18)9-19-5-7-20(8-6-19)12-10(13)3-2-4-14-12/h2-4H,5-9,13H2,1H3. The van der Waals surface area contributed by atoms with Crippen LogP contribution < -0.4 is 10.6 Å². The highest BCUT2D eigenvalue weighted by atomic mass is 15.6. The van der Waals surface area contributed by atoms with Gasteiger partial charge in [-0.15, -0.1) is 10.2 Å². The highest BCUT2D eigenvalue weighted by Gasteiger charge is 2.20. The van der Waals surface area contributed by atoms with Crippen molar-refractivity contribution >= 4 is 11.5 Å². The number of aryl methyl sites for hydroxylation is 1. The van der Waals surface area contributed by atoms with Crippen LogP contribution in [-0.4, -0.2) is 56.3 Å². The average Bonchev–Trinajstić information content (AvgIpc) is 2.86. The van der Waals surface area contributed by atoms with Crippen molar-refractivity contribution in [3.05, 3.63) is 24.2 Å². The predicted molar refractivity (Wildman–Crippen MR) is 74.9 cm³/mol. The molecule has 0 aromatic carbocycles. The molecule has 2 aromatic heterocycles. The summed E-state index contributed by atoms with van der Waals surface area (Å²) in [4.78, 5) is 10.4. The Morgan fingerprint density at radius 2 is 2.05 bits per heavy atom. The molecule has 0 unspecified atom stereocenters. The minimum absolute atomic E-state index is 0.733. The van der Waals surface area contributed by atoms with E-state index in [2.05, 4.69) is 30.2 Å². The normalized spacial score (nSPS) is 16.6. The zero-order valence-corrected chi connectivity index (χ0v) is 11.5. The fourth-order valence-corrected chi connectivity index (χ4v) is 2.38. The van der Waals surface area contributed by atoms with E-state index in [1.807, 2.05) is 12.1 Å². The van der Waals surface area contributed by atoms with Gasteiger partial charge in [0.25, 0.3) is 0 Å². The second kappa shape index (κ2) is 5.41. The van der Waals surface area contributed by atoms with E-state index >= 15 is 0 Å². The molecule has 0 radical (unpaired) electrons. The van der Waals surface area contributed by atoms with Gasteiger partial charge in [0.15, 0.2) is 11.6 Å². The largest absolute Gasteiger partial charge is 0.396 e. The number of piperazine rings is 1. The van der Waals surface area contributed by atoms with Gasteiger partial charge in [0, 0.05) is 32.4 Å². The van der Waals surface area contributed by atoms with Crippen molar-refractivity contribution in [1.29, 1.82) is 0 Å². The zero-order chi connectivity index (χ0) is 13.9. The first-order chi connectivity index (χ1) is 9.72. The van der Waals surface area contributed by atoms with Gasteiger partial charge in [-0.3, -0.25) is 4.90 Å². The van der Waals surface area contributed by atoms with Gasteiger partial charge in [-0.1, -0.05) is 0 Å². The molecule has 1 aliphatic rings. The molecule has 20 heavy (non-hydrogen) atoms. The Labute approximate surface area is 117 Å². The number of rotatable bonds is 3. The van der Waals surface area contributed by atoms with E-state index in [1.54, 1.807) is 13.2 Å². The van der Waals surface area contributed by atoms with Gasteiger partial charge in [-0.05, 0) is 17.3 Å². The summed E-state index contributed by atoms with van der Waals surface area (Å²) in [6.07, 6.45) is 1.78. The van der Waals surface area contributed by atoms with Crippen molar-refractivity contribution in [1.82, 2.24) is 30.1 Å². The number of pyridine rings is 1.